The van der Waals surface area contributed by atoms with Gasteiger partial charge in [-0.15, -0.1) is 0 Å². The molecule has 0 fully saturated rings. The largest absolute Gasteiger partial charge is 0.493 e. The average Bonchev–Trinajstić information content (AvgIpc) is 2.58. The molecule has 2 rings (SSSR count). The molecule has 2 aromatic rings. The molecule has 0 radical (unpaired) electrons. The highest BCUT2D eigenvalue weighted by atomic mass is 32.2. The van der Waals surface area contributed by atoms with Crippen molar-refractivity contribution in [1.29, 1.82) is 0 Å². The van der Waals surface area contributed by atoms with Crippen LogP contribution in [0.3, 0.4) is 0 Å². The fourth-order valence-corrected chi connectivity index (χ4v) is 3.17. The summed E-state index contributed by atoms with van der Waals surface area (Å²) in [5.74, 6) is 0.837. The zero-order chi connectivity index (χ0) is 18.8. The lowest BCUT2D eigenvalue weighted by Gasteiger charge is -2.17. The smallest absolute Gasteiger partial charge is 0.270 e. The molecule has 0 amide bonds. The number of nitrogens with two attached hydrogens (primary N) is 1. The minimum atomic E-state index is -4.23. The number of methoxy groups -OCH3 is 3. The van der Waals surface area contributed by atoms with Crippen LogP contribution in [0.5, 0.6) is 17.2 Å². The normalized spacial score (nSPS) is 11.0. The topological polar surface area (TPSA) is 131 Å². The Kier molecular flexibility index (Phi) is 5.14. The number of ether oxygens (including phenoxy) is 3. The third-order valence-electron chi connectivity index (χ3n) is 3.48. The molecule has 0 heterocycles. The van der Waals surface area contributed by atoms with E-state index >= 15 is 0 Å². The van der Waals surface area contributed by atoms with E-state index < -0.39 is 25.5 Å². The number of benzene rings is 2. The van der Waals surface area contributed by atoms with Gasteiger partial charge in [-0.1, -0.05) is 0 Å². The van der Waals surface area contributed by atoms with Crippen LogP contribution in [0.25, 0.3) is 11.1 Å². The first-order chi connectivity index (χ1) is 11.7. The zero-order valence-corrected chi connectivity index (χ0v) is 14.5. The second-order valence-electron chi connectivity index (χ2n) is 4.86. The molecular weight excluding hydrogens is 352 g/mol. The summed E-state index contributed by atoms with van der Waals surface area (Å²) >= 11 is 0. The third kappa shape index (κ3) is 3.49. The van der Waals surface area contributed by atoms with Crippen LogP contribution < -0.4 is 19.3 Å². The summed E-state index contributed by atoms with van der Waals surface area (Å²) in [6, 6.07) is 6.49. The molecule has 0 unspecified atom stereocenters. The summed E-state index contributed by atoms with van der Waals surface area (Å²) in [6.07, 6.45) is 0. The number of non-ortho nitro benzene ring substituents is 1. The summed E-state index contributed by atoms with van der Waals surface area (Å²) < 4.78 is 39.7. The molecule has 0 bridgehead atoms. The Hall–Kier alpha value is -2.85. The van der Waals surface area contributed by atoms with Crippen LogP contribution in [0.2, 0.25) is 0 Å². The number of hydrogen-bond donors (Lipinski definition) is 1. The Morgan fingerprint density at radius 2 is 1.56 bits per heavy atom. The third-order valence-corrected chi connectivity index (χ3v) is 4.43. The molecule has 0 aliphatic heterocycles. The van der Waals surface area contributed by atoms with E-state index in [1.807, 2.05) is 0 Å². The van der Waals surface area contributed by atoms with Gasteiger partial charge in [0.25, 0.3) is 5.69 Å². The molecule has 0 saturated heterocycles. The van der Waals surface area contributed by atoms with Crippen LogP contribution in [0.1, 0.15) is 0 Å². The van der Waals surface area contributed by atoms with Crippen LogP contribution in [0, 0.1) is 10.1 Å². The number of sulfonamides is 1. The molecule has 25 heavy (non-hydrogen) atoms. The molecule has 10 heteroatoms. The van der Waals surface area contributed by atoms with Gasteiger partial charge in [-0.25, -0.2) is 13.6 Å². The number of hydrogen-bond acceptors (Lipinski definition) is 7. The molecule has 2 aromatic carbocycles. The van der Waals surface area contributed by atoms with Crippen molar-refractivity contribution in [2.75, 3.05) is 21.3 Å². The van der Waals surface area contributed by atoms with Gasteiger partial charge in [0, 0.05) is 23.3 Å². The van der Waals surface area contributed by atoms with Crippen LogP contribution in [0.15, 0.2) is 35.2 Å². The fraction of sp³-hybridized carbons (Fsp3) is 0.200. The summed E-state index contributed by atoms with van der Waals surface area (Å²) in [5, 5.41) is 16.2. The minimum absolute atomic E-state index is 0.144. The minimum Gasteiger partial charge on any atom is -0.493 e. The van der Waals surface area contributed by atoms with E-state index in [1.54, 1.807) is 12.1 Å². The maximum absolute atomic E-state index is 11.9. The first kappa shape index (κ1) is 18.5. The molecule has 0 saturated carbocycles. The van der Waals surface area contributed by atoms with Gasteiger partial charge in [0.1, 0.15) is 0 Å². The zero-order valence-electron chi connectivity index (χ0n) is 13.7. The Morgan fingerprint density at radius 3 is 2.04 bits per heavy atom. The number of rotatable bonds is 6. The highest BCUT2D eigenvalue weighted by Crippen LogP contribution is 2.45. The Bertz CT molecular complexity index is 926. The van der Waals surface area contributed by atoms with Crippen LogP contribution >= 0.6 is 0 Å². The Labute approximate surface area is 144 Å². The van der Waals surface area contributed by atoms with Gasteiger partial charge >= 0.3 is 0 Å². The average molecular weight is 368 g/mol. The van der Waals surface area contributed by atoms with Crippen molar-refractivity contribution in [1.82, 2.24) is 0 Å². The van der Waals surface area contributed by atoms with Crippen LogP contribution in [-0.2, 0) is 10.0 Å². The summed E-state index contributed by atoms with van der Waals surface area (Å²) in [7, 11) is -0.00575. The monoisotopic (exact) mass is 368 g/mol. The molecule has 0 spiro atoms. The first-order valence-corrected chi connectivity index (χ1v) is 8.39. The summed E-state index contributed by atoms with van der Waals surface area (Å²) in [5.41, 5.74) is 0.0807. The lowest BCUT2D eigenvalue weighted by atomic mass is 10.0. The van der Waals surface area contributed by atoms with E-state index in [2.05, 4.69) is 0 Å². The Balaban J connectivity index is 2.85. The number of primary sulfonamides is 1. The van der Waals surface area contributed by atoms with Crippen molar-refractivity contribution in [3.05, 3.63) is 40.4 Å². The lowest BCUT2D eigenvalue weighted by molar-refractivity contribution is -0.385. The van der Waals surface area contributed by atoms with Crippen molar-refractivity contribution in [3.63, 3.8) is 0 Å². The number of nitrogens with zero attached hydrogens (tertiary/aromatic N) is 1. The lowest BCUT2D eigenvalue weighted by Crippen LogP contribution is -2.14. The van der Waals surface area contributed by atoms with E-state index in [0.29, 0.717) is 11.3 Å². The maximum atomic E-state index is 11.9. The van der Waals surface area contributed by atoms with Gasteiger partial charge < -0.3 is 14.2 Å². The van der Waals surface area contributed by atoms with Crippen LogP contribution in [0.4, 0.5) is 5.69 Å². The second-order valence-corrected chi connectivity index (χ2v) is 6.39. The first-order valence-electron chi connectivity index (χ1n) is 6.85. The highest BCUT2D eigenvalue weighted by Gasteiger charge is 2.24. The fourth-order valence-electron chi connectivity index (χ4n) is 2.40. The van der Waals surface area contributed by atoms with Gasteiger partial charge in [0.2, 0.25) is 15.8 Å². The molecule has 0 aromatic heterocycles. The van der Waals surface area contributed by atoms with Crippen molar-refractivity contribution < 1.29 is 27.6 Å². The van der Waals surface area contributed by atoms with E-state index in [1.165, 1.54) is 33.5 Å². The molecular formula is C15H16N2O7S. The van der Waals surface area contributed by atoms with Crippen molar-refractivity contribution in [2.24, 2.45) is 5.14 Å². The predicted octanol–water partition coefficient (Wildman–Crippen LogP) is 1.94. The van der Waals surface area contributed by atoms with E-state index in [0.717, 1.165) is 6.07 Å². The molecule has 2 N–H and O–H groups in total. The Morgan fingerprint density at radius 1 is 0.960 bits per heavy atom. The SMILES string of the molecule is COc1ccc(-c2ccc([N+](=O)[O-])cc2S(N)(=O)=O)c(OC)c1OC. The van der Waals surface area contributed by atoms with E-state index in [9.17, 15) is 18.5 Å². The van der Waals surface area contributed by atoms with Gasteiger partial charge in [-0.3, -0.25) is 10.1 Å². The van der Waals surface area contributed by atoms with Gasteiger partial charge in [0.15, 0.2) is 11.5 Å². The maximum Gasteiger partial charge on any atom is 0.270 e. The van der Waals surface area contributed by atoms with Gasteiger partial charge in [-0.05, 0) is 18.2 Å². The van der Waals surface area contributed by atoms with Crippen LogP contribution in [-0.4, -0.2) is 34.7 Å². The number of nitro benzene ring substituents is 1. The molecule has 0 atom stereocenters. The van der Waals surface area contributed by atoms with E-state index in [-0.39, 0.29) is 17.1 Å². The standard InChI is InChI=1S/C15H16N2O7S/c1-22-12-7-6-11(14(23-2)15(12)24-3)10-5-4-9(17(18)19)8-13(10)25(16,20)21/h4-8H,1-3H3,(H2,16,20,21). The molecule has 134 valence electrons. The van der Waals surface area contributed by atoms with Crippen molar-refractivity contribution in [3.8, 4) is 28.4 Å². The summed E-state index contributed by atoms with van der Waals surface area (Å²) in [6.45, 7) is 0. The van der Waals surface area contributed by atoms with Crippen molar-refractivity contribution >= 4 is 15.7 Å². The molecule has 9 nitrogen and oxygen atoms in total. The molecule has 0 aliphatic carbocycles. The summed E-state index contributed by atoms with van der Waals surface area (Å²) in [4.78, 5) is 9.84. The van der Waals surface area contributed by atoms with Gasteiger partial charge in [-0.2, -0.15) is 0 Å². The number of nitro groups is 1. The predicted molar refractivity (Wildman–Crippen MR) is 89.6 cm³/mol. The second kappa shape index (κ2) is 6.95. The highest BCUT2D eigenvalue weighted by molar-refractivity contribution is 7.89. The van der Waals surface area contributed by atoms with E-state index in [4.69, 9.17) is 19.3 Å². The molecule has 0 aliphatic rings. The quantitative estimate of drug-likeness (QED) is 0.609. The van der Waals surface area contributed by atoms with Crippen molar-refractivity contribution in [2.45, 2.75) is 4.90 Å². The van der Waals surface area contributed by atoms with Gasteiger partial charge in [0.05, 0.1) is 31.1 Å².